The van der Waals surface area contributed by atoms with Gasteiger partial charge in [0.15, 0.2) is 5.94 Å². The van der Waals surface area contributed by atoms with E-state index >= 15 is 0 Å². The van der Waals surface area contributed by atoms with Gasteiger partial charge in [0.25, 0.3) is 0 Å². The Kier molecular flexibility index (Phi) is 2.32. The molecule has 1 radical (unpaired) electrons. The molecule has 0 rings (SSSR count). The Labute approximate surface area is 28.9 Å². The van der Waals surface area contributed by atoms with Gasteiger partial charge < -0.3 is 0 Å². The molecule has 0 saturated carbocycles. The van der Waals surface area contributed by atoms with Crippen molar-refractivity contribution in [2.75, 3.05) is 0 Å². The summed E-state index contributed by atoms with van der Waals surface area (Å²) in [6, 6.07) is 0. The zero-order chi connectivity index (χ0) is 4.12. The molecular weight excluding hydrogens is 66.0 g/mol. The van der Waals surface area contributed by atoms with E-state index in [0.29, 0.717) is 0 Å². The first-order valence-corrected chi connectivity index (χ1v) is 0.928. The van der Waals surface area contributed by atoms with E-state index in [2.05, 4.69) is 0 Å². The van der Waals surface area contributed by atoms with Gasteiger partial charge in [0.1, 0.15) is 0 Å². The minimum atomic E-state index is 1.16. The smallest absolute Gasteiger partial charge is 0.187 e. The van der Waals surface area contributed by atoms with Gasteiger partial charge in [-0.3, -0.25) is 0 Å². The molecule has 0 fully saturated rings. The van der Waals surface area contributed by atoms with E-state index in [1.165, 1.54) is 5.87 Å². The van der Waals surface area contributed by atoms with Gasteiger partial charge >= 0.3 is 0 Å². The van der Waals surface area contributed by atoms with Crippen LogP contribution in [0, 0.1) is 0 Å². The quantitative estimate of drug-likeness (QED) is 0.203. The number of carbonyl (C=O) groups excluding carboxylic acids is 1. The Morgan fingerprint density at radius 3 is 2.20 bits per heavy atom. The molecule has 0 N–H and O–H groups in total. The van der Waals surface area contributed by atoms with Crippen LogP contribution < -0.4 is 5.41 Å². The summed E-state index contributed by atoms with van der Waals surface area (Å²) in [5.74, 6) is 2.50. The van der Waals surface area contributed by atoms with E-state index in [-0.39, 0.29) is 0 Å². The van der Waals surface area contributed by atoms with Gasteiger partial charge in [-0.15, -0.1) is 0 Å². The van der Waals surface area contributed by atoms with Crippen LogP contribution in [-0.2, 0) is 4.79 Å². The summed E-state index contributed by atoms with van der Waals surface area (Å²) >= 11 is 0. The second-order valence-electron chi connectivity index (χ2n) is 0.339. The van der Waals surface area contributed by atoms with Crippen LogP contribution >= 0.6 is 0 Å². The number of hydrogen-bond donors (Lipinski definition) is 0. The van der Waals surface area contributed by atoms with Crippen LogP contribution in [0.2, 0.25) is 0 Å². The summed E-state index contributed by atoms with van der Waals surface area (Å²) in [4.78, 5) is 8.95. The average molecular weight is 66.0 g/mol. The summed E-state index contributed by atoms with van der Waals surface area (Å²) in [6.07, 6.45) is 0. The van der Waals surface area contributed by atoms with Crippen LogP contribution in [0.25, 0.3) is 0 Å². The van der Waals surface area contributed by atoms with Gasteiger partial charge in [-0.25, -0.2) is 4.79 Å². The predicted octanol–water partition coefficient (Wildman–Crippen LogP) is -1.00. The van der Waals surface area contributed by atoms with Crippen molar-refractivity contribution in [1.82, 2.24) is 5.41 Å². The van der Waals surface area contributed by atoms with Gasteiger partial charge in [-0.1, -0.05) is 5.41 Å². The highest BCUT2D eigenvalue weighted by Crippen LogP contribution is 1.12. The predicted molar refractivity (Wildman–Crippen MR) is 16.3 cm³/mol. The maximum Gasteiger partial charge on any atom is 0.187 e. The van der Waals surface area contributed by atoms with Crippen LogP contribution in [0.4, 0.5) is 0 Å². The van der Waals surface area contributed by atoms with Gasteiger partial charge in [-0.2, -0.15) is 0 Å². The topological polar surface area (TPSA) is 39.4 Å². The molecule has 0 amide bonds. The summed E-state index contributed by atoms with van der Waals surface area (Å²) in [6.45, 7) is 0. The van der Waals surface area contributed by atoms with Crippen molar-refractivity contribution in [2.24, 2.45) is 0 Å². The van der Waals surface area contributed by atoms with Crippen LogP contribution in [0.3, 0.4) is 0 Å². The fourth-order valence-corrected chi connectivity index (χ4v) is 0.0228. The Bertz CT molecular complexity index is 98.9. The molecule has 0 bridgehead atoms. The second-order valence-corrected chi connectivity index (χ2v) is 0.339. The van der Waals surface area contributed by atoms with Crippen LogP contribution in [0.5, 0.6) is 0 Å². The maximum atomic E-state index is 8.95. The van der Waals surface area contributed by atoms with Gasteiger partial charge in [-0.05, 0) is 0 Å². The first kappa shape index (κ1) is 3.94. The van der Waals surface area contributed by atoms with E-state index in [1.807, 2.05) is 0 Å². The van der Waals surface area contributed by atoms with E-state index in [9.17, 15) is 0 Å². The van der Waals surface area contributed by atoms with Crippen molar-refractivity contribution in [3.05, 3.63) is 5.73 Å². The van der Waals surface area contributed by atoms with Crippen molar-refractivity contribution in [2.45, 2.75) is 0 Å². The molecule has 0 spiro atoms. The monoisotopic (exact) mass is 66.0 g/mol. The molecule has 0 atom stereocenters. The lowest BCUT2D eigenvalue weighted by molar-refractivity contribution is 0.569. The highest BCUT2D eigenvalue weighted by atomic mass is 16.1. The Morgan fingerprint density at radius 2 is 2.20 bits per heavy atom. The Hall–Kier alpha value is -1.06. The lowest BCUT2D eigenvalue weighted by Crippen LogP contribution is -1.40. The molecule has 23 valence electrons. The van der Waals surface area contributed by atoms with Crippen molar-refractivity contribution >= 4 is 11.8 Å². The molecule has 0 aliphatic heterocycles. The zero-order valence-electron chi connectivity index (χ0n) is 2.36. The van der Waals surface area contributed by atoms with Gasteiger partial charge in [0.2, 0.25) is 0 Å². The van der Waals surface area contributed by atoms with Crippen LogP contribution in [0.15, 0.2) is 5.73 Å². The first-order chi connectivity index (χ1) is 2.41. The molecule has 2 nitrogen and oxygen atoms in total. The average Bonchev–Trinajstić information content (AvgIpc) is 1.41. The Balaban J connectivity index is 4.38. The molecule has 0 heterocycles. The highest BCUT2D eigenvalue weighted by molar-refractivity contribution is 5.61. The molecule has 0 unspecified atom stereocenters. The van der Waals surface area contributed by atoms with Gasteiger partial charge in [0.05, 0.1) is 5.87 Å². The normalized spacial score (nSPS) is 3.20. The minimum Gasteiger partial charge on any atom is -0.223 e. The third kappa shape index (κ3) is 2.94. The molecule has 0 aliphatic rings. The minimum absolute atomic E-state index is 1.16. The van der Waals surface area contributed by atoms with Crippen molar-refractivity contribution in [3.8, 4) is 0 Å². The van der Waals surface area contributed by atoms with E-state index < -0.39 is 0 Å². The van der Waals surface area contributed by atoms with Crippen molar-refractivity contribution in [3.63, 3.8) is 0 Å². The fraction of sp³-hybridized carbons (Fsp3) is 0. The fourth-order valence-electron chi connectivity index (χ4n) is 0.0228. The lowest BCUT2D eigenvalue weighted by Gasteiger charge is -1.18. The zero-order valence-corrected chi connectivity index (χ0v) is 2.36. The largest absolute Gasteiger partial charge is 0.223 e. The molecule has 2 heteroatoms. The summed E-state index contributed by atoms with van der Waals surface area (Å²) in [5.41, 5.74) is 1.61. The Morgan fingerprint density at radius 1 is 1.60 bits per heavy atom. The van der Waals surface area contributed by atoms with E-state index in [0.717, 1.165) is 5.94 Å². The lowest BCUT2D eigenvalue weighted by atomic mass is 10.9. The van der Waals surface area contributed by atoms with Crippen LogP contribution in [0.1, 0.15) is 0 Å². The highest BCUT2D eigenvalue weighted by Gasteiger charge is 1.29. The van der Waals surface area contributed by atoms with E-state index in [4.69, 9.17) is 10.2 Å². The molecule has 0 aromatic carbocycles. The molecular formula is C3NO. The van der Waals surface area contributed by atoms with Crippen molar-refractivity contribution < 1.29 is 4.79 Å². The SMILES string of the molecule is [N]=C=C=C=O. The number of hydrogen-bond acceptors (Lipinski definition) is 1. The second kappa shape index (κ2) is 2.94. The molecule has 5 heavy (non-hydrogen) atoms. The molecule has 0 aromatic rings. The van der Waals surface area contributed by atoms with Crippen LogP contribution in [-0.4, -0.2) is 11.8 Å². The third-order valence-corrected chi connectivity index (χ3v) is 0.107. The number of nitrogens with zero attached hydrogens (tertiary/aromatic N) is 1. The summed E-state index contributed by atoms with van der Waals surface area (Å²) in [5, 5.41) is 7.44. The van der Waals surface area contributed by atoms with E-state index in [1.54, 1.807) is 5.73 Å². The summed E-state index contributed by atoms with van der Waals surface area (Å²) in [7, 11) is 0. The third-order valence-electron chi connectivity index (χ3n) is 0.107. The molecule has 0 aliphatic carbocycles. The number of rotatable bonds is 0. The molecule has 0 aromatic heterocycles. The first-order valence-electron chi connectivity index (χ1n) is 0.928. The van der Waals surface area contributed by atoms with Crippen molar-refractivity contribution in [1.29, 1.82) is 0 Å². The summed E-state index contributed by atoms with van der Waals surface area (Å²) < 4.78 is 0. The van der Waals surface area contributed by atoms with Gasteiger partial charge in [0, 0.05) is 5.73 Å². The molecule has 0 saturated heterocycles. The standard InChI is InChI=1S/C3NO/c4-2-1-3-5. The maximum absolute atomic E-state index is 8.95.